The smallest absolute Gasteiger partial charge is 0.119 e. The third-order valence-electron chi connectivity index (χ3n) is 4.01. The van der Waals surface area contributed by atoms with Crippen molar-refractivity contribution in [2.75, 3.05) is 7.11 Å². The Labute approximate surface area is 126 Å². The van der Waals surface area contributed by atoms with E-state index < -0.39 is 0 Å². The topological polar surface area (TPSA) is 27.1 Å². The molecule has 1 aliphatic carbocycles. The van der Waals surface area contributed by atoms with Gasteiger partial charge in [-0.1, -0.05) is 19.9 Å². The van der Waals surface area contributed by atoms with Gasteiger partial charge in [0.25, 0.3) is 0 Å². The van der Waals surface area contributed by atoms with Crippen molar-refractivity contribution in [2.24, 2.45) is 5.92 Å². The minimum Gasteiger partial charge on any atom is -0.497 e. The van der Waals surface area contributed by atoms with Gasteiger partial charge in [-0.25, -0.2) is 0 Å². The van der Waals surface area contributed by atoms with Crippen LogP contribution in [-0.2, 0) is 13.0 Å². The Balaban J connectivity index is 2.05. The number of rotatable bonds is 4. The molecule has 0 amide bonds. The number of benzene rings is 1. The number of nitrogens with zero attached hydrogens (tertiary/aromatic N) is 2. The van der Waals surface area contributed by atoms with E-state index in [1.54, 1.807) is 7.11 Å². The highest BCUT2D eigenvalue weighted by atomic mass is 16.5. The van der Waals surface area contributed by atoms with Crippen LogP contribution >= 0.6 is 0 Å². The van der Waals surface area contributed by atoms with Gasteiger partial charge in [-0.2, -0.15) is 5.10 Å². The second-order valence-corrected chi connectivity index (χ2v) is 6.08. The van der Waals surface area contributed by atoms with Crippen LogP contribution in [0.25, 0.3) is 5.57 Å². The molecular formula is C18H22N2O. The van der Waals surface area contributed by atoms with E-state index in [1.807, 2.05) is 6.20 Å². The van der Waals surface area contributed by atoms with Gasteiger partial charge < -0.3 is 4.74 Å². The predicted molar refractivity (Wildman–Crippen MR) is 85.6 cm³/mol. The molecule has 1 aromatic heterocycles. The largest absolute Gasteiger partial charge is 0.497 e. The standard InChI is InChI=1S/C18H22N2O/c1-12(2)11-20-18(7-8-19-20)16-6-5-15-13(3)9-14(21-4)10-17(15)16/h6-10,12H,5,11H2,1-4H3. The summed E-state index contributed by atoms with van der Waals surface area (Å²) in [4.78, 5) is 0. The molecule has 0 radical (unpaired) electrons. The molecule has 0 fully saturated rings. The Kier molecular flexibility index (Phi) is 3.58. The van der Waals surface area contributed by atoms with E-state index in [9.17, 15) is 0 Å². The van der Waals surface area contributed by atoms with E-state index >= 15 is 0 Å². The van der Waals surface area contributed by atoms with E-state index in [0.29, 0.717) is 5.92 Å². The third kappa shape index (κ3) is 2.48. The van der Waals surface area contributed by atoms with E-state index in [4.69, 9.17) is 4.74 Å². The molecule has 110 valence electrons. The molecule has 1 heterocycles. The second kappa shape index (κ2) is 5.40. The summed E-state index contributed by atoms with van der Waals surface area (Å²) in [6, 6.07) is 6.37. The van der Waals surface area contributed by atoms with E-state index in [0.717, 1.165) is 18.7 Å². The lowest BCUT2D eigenvalue weighted by Gasteiger charge is -2.14. The maximum atomic E-state index is 5.43. The van der Waals surface area contributed by atoms with Gasteiger partial charge in [0.1, 0.15) is 5.75 Å². The first-order chi connectivity index (χ1) is 10.1. The first-order valence-electron chi connectivity index (χ1n) is 7.50. The maximum Gasteiger partial charge on any atom is 0.119 e. The van der Waals surface area contributed by atoms with Gasteiger partial charge in [-0.15, -0.1) is 0 Å². The third-order valence-corrected chi connectivity index (χ3v) is 4.01. The fraction of sp³-hybridized carbons (Fsp3) is 0.389. The number of methoxy groups -OCH3 is 1. The summed E-state index contributed by atoms with van der Waals surface area (Å²) in [5, 5.41) is 4.48. The van der Waals surface area contributed by atoms with Gasteiger partial charge >= 0.3 is 0 Å². The summed E-state index contributed by atoms with van der Waals surface area (Å²) in [5.74, 6) is 1.51. The molecule has 1 aliphatic rings. The average Bonchev–Trinajstić information content (AvgIpc) is 3.04. The highest BCUT2D eigenvalue weighted by molar-refractivity contribution is 5.84. The van der Waals surface area contributed by atoms with Crippen LogP contribution in [0.1, 0.15) is 36.2 Å². The molecule has 0 N–H and O–H groups in total. The number of aryl methyl sites for hydroxylation is 1. The molecule has 0 spiro atoms. The van der Waals surface area contributed by atoms with Crippen molar-refractivity contribution >= 4 is 5.57 Å². The average molecular weight is 282 g/mol. The first kappa shape index (κ1) is 13.9. The predicted octanol–water partition coefficient (Wildman–Crippen LogP) is 3.84. The SMILES string of the molecule is COc1cc(C)c2c(c1)C(c1ccnn1CC(C)C)=CC2. The van der Waals surface area contributed by atoms with Crippen LogP contribution in [0.3, 0.4) is 0 Å². The van der Waals surface area contributed by atoms with Crippen molar-refractivity contribution in [3.8, 4) is 5.75 Å². The molecule has 0 saturated carbocycles. The van der Waals surface area contributed by atoms with Crippen LogP contribution in [0.4, 0.5) is 0 Å². The van der Waals surface area contributed by atoms with Gasteiger partial charge in [-0.05, 0) is 54.2 Å². The number of aromatic nitrogens is 2. The van der Waals surface area contributed by atoms with Crippen LogP contribution in [0, 0.1) is 12.8 Å². The van der Waals surface area contributed by atoms with Crippen LogP contribution in [0.2, 0.25) is 0 Å². The Morgan fingerprint density at radius 2 is 2.14 bits per heavy atom. The van der Waals surface area contributed by atoms with Gasteiger partial charge in [0.15, 0.2) is 0 Å². The van der Waals surface area contributed by atoms with Crippen molar-refractivity contribution in [2.45, 2.75) is 33.7 Å². The summed E-state index contributed by atoms with van der Waals surface area (Å²) >= 11 is 0. The van der Waals surface area contributed by atoms with E-state index in [1.165, 1.54) is 28.0 Å². The second-order valence-electron chi connectivity index (χ2n) is 6.08. The van der Waals surface area contributed by atoms with Gasteiger partial charge in [0.05, 0.1) is 12.8 Å². The van der Waals surface area contributed by atoms with Crippen LogP contribution in [0.15, 0.2) is 30.5 Å². The molecule has 0 aliphatic heterocycles. The molecule has 0 atom stereocenters. The Bertz CT molecular complexity index is 695. The minimum atomic E-state index is 0.581. The number of hydrogen-bond donors (Lipinski definition) is 0. The first-order valence-corrected chi connectivity index (χ1v) is 7.50. The molecule has 0 bridgehead atoms. The van der Waals surface area contributed by atoms with Crippen molar-refractivity contribution in [3.05, 3.63) is 52.9 Å². The molecule has 3 rings (SSSR count). The fourth-order valence-corrected chi connectivity index (χ4v) is 3.02. The van der Waals surface area contributed by atoms with Crippen molar-refractivity contribution in [1.29, 1.82) is 0 Å². The maximum absolute atomic E-state index is 5.43. The highest BCUT2D eigenvalue weighted by Gasteiger charge is 2.21. The Hall–Kier alpha value is -2.03. The Morgan fingerprint density at radius 1 is 1.33 bits per heavy atom. The van der Waals surface area contributed by atoms with Crippen LogP contribution in [-0.4, -0.2) is 16.9 Å². The number of hydrogen-bond acceptors (Lipinski definition) is 2. The zero-order valence-corrected chi connectivity index (χ0v) is 13.2. The summed E-state index contributed by atoms with van der Waals surface area (Å²) in [6.45, 7) is 7.53. The van der Waals surface area contributed by atoms with Crippen LogP contribution in [0.5, 0.6) is 5.75 Å². The van der Waals surface area contributed by atoms with E-state index in [2.05, 4.69) is 54.8 Å². The van der Waals surface area contributed by atoms with Crippen molar-refractivity contribution in [1.82, 2.24) is 9.78 Å². The van der Waals surface area contributed by atoms with Crippen molar-refractivity contribution < 1.29 is 4.74 Å². The highest BCUT2D eigenvalue weighted by Crippen LogP contribution is 2.37. The molecule has 3 heteroatoms. The van der Waals surface area contributed by atoms with Gasteiger partial charge in [0, 0.05) is 18.3 Å². The number of fused-ring (bicyclic) bond motifs is 1. The zero-order valence-electron chi connectivity index (χ0n) is 13.2. The molecule has 3 nitrogen and oxygen atoms in total. The molecule has 2 aromatic rings. The number of ether oxygens (including phenoxy) is 1. The number of allylic oxidation sites excluding steroid dienone is 1. The zero-order chi connectivity index (χ0) is 15.0. The lowest BCUT2D eigenvalue weighted by atomic mass is 9.99. The summed E-state index contributed by atoms with van der Waals surface area (Å²) < 4.78 is 7.54. The molecule has 21 heavy (non-hydrogen) atoms. The monoisotopic (exact) mass is 282 g/mol. The quantitative estimate of drug-likeness (QED) is 0.852. The Morgan fingerprint density at radius 3 is 2.86 bits per heavy atom. The minimum absolute atomic E-state index is 0.581. The normalized spacial score (nSPS) is 13.5. The molecule has 0 unspecified atom stereocenters. The van der Waals surface area contributed by atoms with E-state index in [-0.39, 0.29) is 0 Å². The lowest BCUT2D eigenvalue weighted by Crippen LogP contribution is -2.09. The van der Waals surface area contributed by atoms with Crippen LogP contribution < -0.4 is 4.74 Å². The summed E-state index contributed by atoms with van der Waals surface area (Å²) in [6.07, 6.45) is 5.20. The van der Waals surface area contributed by atoms with Gasteiger partial charge in [-0.3, -0.25) is 4.68 Å². The summed E-state index contributed by atoms with van der Waals surface area (Å²) in [7, 11) is 1.72. The molecule has 1 aromatic carbocycles. The fourth-order valence-electron chi connectivity index (χ4n) is 3.02. The van der Waals surface area contributed by atoms with Crippen molar-refractivity contribution in [3.63, 3.8) is 0 Å². The molecule has 0 saturated heterocycles. The summed E-state index contributed by atoms with van der Waals surface area (Å²) in [5.41, 5.74) is 6.48. The molecular weight excluding hydrogens is 260 g/mol. The van der Waals surface area contributed by atoms with Gasteiger partial charge in [0.2, 0.25) is 0 Å². The lowest BCUT2D eigenvalue weighted by molar-refractivity contribution is 0.414.